The molecule has 2 N–H and O–H groups in total. The third kappa shape index (κ3) is 2.24. The molecule has 0 spiro atoms. The lowest BCUT2D eigenvalue weighted by Crippen LogP contribution is -2.41. The fourth-order valence-corrected chi connectivity index (χ4v) is 2.83. The molecule has 1 atom stereocenters. The van der Waals surface area contributed by atoms with Gasteiger partial charge in [0.05, 0.1) is 0 Å². The molecule has 0 saturated carbocycles. The first-order valence-corrected chi connectivity index (χ1v) is 6.88. The quantitative estimate of drug-likeness (QED) is 0.883. The third-order valence-electron chi connectivity index (χ3n) is 3.88. The fourth-order valence-electron chi connectivity index (χ4n) is 2.83. The van der Waals surface area contributed by atoms with Crippen molar-refractivity contribution in [2.75, 3.05) is 19.6 Å². The van der Waals surface area contributed by atoms with E-state index in [0.29, 0.717) is 6.04 Å². The molecule has 1 amide bonds. The number of fused-ring (bicyclic) bond motifs is 1. The highest BCUT2D eigenvalue weighted by Gasteiger charge is 2.25. The van der Waals surface area contributed by atoms with E-state index in [1.807, 2.05) is 42.3 Å². The van der Waals surface area contributed by atoms with Crippen LogP contribution in [0.15, 0.2) is 30.5 Å². The summed E-state index contributed by atoms with van der Waals surface area (Å²) in [6.45, 7) is 4.72. The molecular formula is C15H19N3O. The Morgan fingerprint density at radius 2 is 2.32 bits per heavy atom. The number of nitrogens with zero attached hydrogens (tertiary/aromatic N) is 1. The highest BCUT2D eigenvalue weighted by molar-refractivity contribution is 5.98. The normalized spacial score (nSPS) is 18.9. The van der Waals surface area contributed by atoms with Crippen molar-refractivity contribution in [2.45, 2.75) is 19.4 Å². The minimum absolute atomic E-state index is 0.138. The fraction of sp³-hybridized carbons (Fsp3) is 0.400. The van der Waals surface area contributed by atoms with Gasteiger partial charge in [0.2, 0.25) is 0 Å². The Morgan fingerprint density at radius 1 is 1.42 bits per heavy atom. The van der Waals surface area contributed by atoms with Crippen molar-refractivity contribution in [3.8, 4) is 0 Å². The van der Waals surface area contributed by atoms with Gasteiger partial charge in [-0.25, -0.2) is 0 Å². The number of carbonyl (C=O) groups is 1. The maximum atomic E-state index is 12.6. The zero-order chi connectivity index (χ0) is 13.2. The molecular weight excluding hydrogens is 238 g/mol. The number of amides is 1. The number of aromatic amines is 1. The minimum atomic E-state index is 0.138. The molecule has 0 bridgehead atoms. The molecule has 1 aliphatic heterocycles. The van der Waals surface area contributed by atoms with E-state index in [9.17, 15) is 4.79 Å². The van der Waals surface area contributed by atoms with E-state index in [2.05, 4.69) is 10.3 Å². The van der Waals surface area contributed by atoms with Gasteiger partial charge in [-0.2, -0.15) is 0 Å². The van der Waals surface area contributed by atoms with Crippen LogP contribution in [0.1, 0.15) is 23.7 Å². The minimum Gasteiger partial charge on any atom is -0.361 e. The molecule has 4 nitrogen and oxygen atoms in total. The molecule has 100 valence electrons. The first kappa shape index (κ1) is 12.2. The third-order valence-corrected chi connectivity index (χ3v) is 3.88. The number of hydrogen-bond acceptors (Lipinski definition) is 2. The molecule has 3 rings (SSSR count). The predicted octanol–water partition coefficient (Wildman–Crippen LogP) is 1.99. The van der Waals surface area contributed by atoms with Crippen LogP contribution in [0.3, 0.4) is 0 Å². The van der Waals surface area contributed by atoms with Crippen molar-refractivity contribution in [2.24, 2.45) is 0 Å². The van der Waals surface area contributed by atoms with Gasteiger partial charge in [0.1, 0.15) is 0 Å². The van der Waals surface area contributed by atoms with Crippen molar-refractivity contribution in [3.05, 3.63) is 36.0 Å². The Labute approximate surface area is 112 Å². The molecule has 1 fully saturated rings. The molecule has 0 radical (unpaired) electrons. The van der Waals surface area contributed by atoms with Crippen molar-refractivity contribution in [1.29, 1.82) is 0 Å². The van der Waals surface area contributed by atoms with Gasteiger partial charge in [-0.15, -0.1) is 0 Å². The Kier molecular flexibility index (Phi) is 3.25. The van der Waals surface area contributed by atoms with E-state index in [-0.39, 0.29) is 5.91 Å². The van der Waals surface area contributed by atoms with Crippen LogP contribution in [0, 0.1) is 0 Å². The van der Waals surface area contributed by atoms with E-state index in [4.69, 9.17) is 0 Å². The molecule has 1 aromatic heterocycles. The van der Waals surface area contributed by atoms with Gasteiger partial charge in [0, 0.05) is 41.8 Å². The van der Waals surface area contributed by atoms with Crippen molar-refractivity contribution < 1.29 is 4.79 Å². The highest BCUT2D eigenvalue weighted by Crippen LogP contribution is 2.18. The second-order valence-corrected chi connectivity index (χ2v) is 5.02. The summed E-state index contributed by atoms with van der Waals surface area (Å²) in [6, 6.07) is 8.19. The SMILES string of the molecule is CCN(C(=O)c1ccc2[nH]ccc2c1)C1CCNC1. The van der Waals surface area contributed by atoms with E-state index < -0.39 is 0 Å². The van der Waals surface area contributed by atoms with E-state index in [0.717, 1.165) is 42.5 Å². The number of benzene rings is 1. The molecule has 1 unspecified atom stereocenters. The largest absolute Gasteiger partial charge is 0.361 e. The smallest absolute Gasteiger partial charge is 0.254 e. The van der Waals surface area contributed by atoms with Crippen LogP contribution in [0.5, 0.6) is 0 Å². The number of H-pyrrole nitrogens is 1. The zero-order valence-corrected chi connectivity index (χ0v) is 11.1. The summed E-state index contributed by atoms with van der Waals surface area (Å²) in [5.74, 6) is 0.138. The van der Waals surface area contributed by atoms with Gasteiger partial charge in [-0.3, -0.25) is 4.79 Å². The summed E-state index contributed by atoms with van der Waals surface area (Å²) in [5.41, 5.74) is 1.85. The molecule has 19 heavy (non-hydrogen) atoms. The Bertz CT molecular complexity index is 584. The second kappa shape index (κ2) is 5.05. The van der Waals surface area contributed by atoms with Gasteiger partial charge < -0.3 is 15.2 Å². The van der Waals surface area contributed by atoms with Gasteiger partial charge in [0.15, 0.2) is 0 Å². The first-order chi connectivity index (χ1) is 9.29. The van der Waals surface area contributed by atoms with Gasteiger partial charge in [0.25, 0.3) is 5.91 Å². The van der Waals surface area contributed by atoms with Crippen molar-refractivity contribution >= 4 is 16.8 Å². The van der Waals surface area contributed by atoms with Gasteiger partial charge >= 0.3 is 0 Å². The maximum Gasteiger partial charge on any atom is 0.254 e. The average Bonchev–Trinajstić information content (AvgIpc) is 3.09. The van der Waals surface area contributed by atoms with Crippen LogP contribution in [0.2, 0.25) is 0 Å². The number of likely N-dealkylation sites (N-methyl/N-ethyl adjacent to an activating group) is 1. The molecule has 1 aliphatic rings. The van der Waals surface area contributed by atoms with Crippen molar-refractivity contribution in [1.82, 2.24) is 15.2 Å². The summed E-state index contributed by atoms with van der Waals surface area (Å²) >= 11 is 0. The maximum absolute atomic E-state index is 12.6. The van der Waals surface area contributed by atoms with Crippen LogP contribution in [0.25, 0.3) is 10.9 Å². The number of aromatic nitrogens is 1. The molecule has 2 aromatic rings. The molecule has 4 heteroatoms. The number of carbonyl (C=O) groups excluding carboxylic acids is 1. The van der Waals surface area contributed by atoms with Crippen LogP contribution < -0.4 is 5.32 Å². The zero-order valence-electron chi connectivity index (χ0n) is 11.1. The standard InChI is InChI=1S/C15H19N3O/c1-2-18(13-6-7-16-10-13)15(19)12-3-4-14-11(9-12)5-8-17-14/h3-5,8-9,13,16-17H,2,6-7,10H2,1H3. The molecule has 0 aliphatic carbocycles. The van der Waals surface area contributed by atoms with Crippen LogP contribution >= 0.6 is 0 Å². The second-order valence-electron chi connectivity index (χ2n) is 5.02. The monoisotopic (exact) mass is 257 g/mol. The Morgan fingerprint density at radius 3 is 3.05 bits per heavy atom. The number of hydrogen-bond donors (Lipinski definition) is 2. The van der Waals surface area contributed by atoms with E-state index in [1.54, 1.807) is 0 Å². The summed E-state index contributed by atoms with van der Waals surface area (Å²) < 4.78 is 0. The Balaban J connectivity index is 1.88. The average molecular weight is 257 g/mol. The highest BCUT2D eigenvalue weighted by atomic mass is 16.2. The van der Waals surface area contributed by atoms with Crippen LogP contribution in [-0.2, 0) is 0 Å². The lowest BCUT2D eigenvalue weighted by molar-refractivity contribution is 0.0704. The molecule has 2 heterocycles. The number of nitrogens with one attached hydrogen (secondary N) is 2. The first-order valence-electron chi connectivity index (χ1n) is 6.88. The molecule has 1 aromatic carbocycles. The van der Waals surface area contributed by atoms with Gasteiger partial charge in [-0.05, 0) is 44.2 Å². The summed E-state index contributed by atoms with van der Waals surface area (Å²) in [6.07, 6.45) is 2.95. The van der Waals surface area contributed by atoms with Crippen molar-refractivity contribution in [3.63, 3.8) is 0 Å². The lowest BCUT2D eigenvalue weighted by atomic mass is 10.1. The van der Waals surface area contributed by atoms with Crippen LogP contribution in [0.4, 0.5) is 0 Å². The summed E-state index contributed by atoms with van der Waals surface area (Å²) in [7, 11) is 0. The van der Waals surface area contributed by atoms with E-state index >= 15 is 0 Å². The lowest BCUT2D eigenvalue weighted by Gasteiger charge is -2.27. The summed E-state index contributed by atoms with van der Waals surface area (Å²) in [4.78, 5) is 17.7. The molecule has 1 saturated heterocycles. The van der Waals surface area contributed by atoms with Gasteiger partial charge in [-0.1, -0.05) is 0 Å². The number of rotatable bonds is 3. The topological polar surface area (TPSA) is 48.1 Å². The van der Waals surface area contributed by atoms with E-state index in [1.165, 1.54) is 0 Å². The van der Waals surface area contributed by atoms with Crippen LogP contribution in [-0.4, -0.2) is 41.5 Å². The summed E-state index contributed by atoms with van der Waals surface area (Å²) in [5, 5.41) is 4.41. The predicted molar refractivity (Wildman–Crippen MR) is 76.3 cm³/mol. The Hall–Kier alpha value is -1.81.